The lowest BCUT2D eigenvalue weighted by atomic mass is 9.73. The van der Waals surface area contributed by atoms with E-state index in [9.17, 15) is 0 Å². The summed E-state index contributed by atoms with van der Waals surface area (Å²) in [5.41, 5.74) is 4.53. The zero-order valence-corrected chi connectivity index (χ0v) is 15.9. The van der Waals surface area contributed by atoms with Crippen LogP contribution in [0.3, 0.4) is 0 Å². The molecule has 0 aromatic heterocycles. The quantitative estimate of drug-likeness (QED) is 0.687. The standard InChI is InChI=1S/C16H27N3S.CH4O.H2O/c1-16(8-10-19(3)4)7-9-18-15-6-5-13(11-14(15)16)12-20-17-2;1-2;/h5-6,11,17-18H,7-10,12H2,1-4H3;2H,1H3;1H2. The summed E-state index contributed by atoms with van der Waals surface area (Å²) in [7, 11) is 7.29. The van der Waals surface area contributed by atoms with Gasteiger partial charge in [-0.2, -0.15) is 0 Å². The highest BCUT2D eigenvalue weighted by atomic mass is 32.2. The van der Waals surface area contributed by atoms with E-state index in [2.05, 4.69) is 54.2 Å². The van der Waals surface area contributed by atoms with Crippen molar-refractivity contribution in [1.82, 2.24) is 9.62 Å². The van der Waals surface area contributed by atoms with E-state index in [4.69, 9.17) is 5.11 Å². The van der Waals surface area contributed by atoms with Crippen molar-refractivity contribution in [2.45, 2.75) is 30.9 Å². The maximum absolute atomic E-state index is 7.00. The number of fused-ring (bicyclic) bond motifs is 1. The van der Waals surface area contributed by atoms with Crippen LogP contribution in [-0.4, -0.2) is 56.8 Å². The number of hydrogen-bond acceptors (Lipinski definition) is 5. The van der Waals surface area contributed by atoms with Crippen LogP contribution in [0.15, 0.2) is 18.2 Å². The van der Waals surface area contributed by atoms with Gasteiger partial charge in [0.05, 0.1) is 0 Å². The first kappa shape index (κ1) is 22.2. The van der Waals surface area contributed by atoms with Gasteiger partial charge in [0.15, 0.2) is 0 Å². The van der Waals surface area contributed by atoms with E-state index in [-0.39, 0.29) is 5.48 Å². The van der Waals surface area contributed by atoms with Crippen LogP contribution in [-0.2, 0) is 11.2 Å². The number of nitrogens with zero attached hydrogens (tertiary/aromatic N) is 1. The second-order valence-electron chi connectivity index (χ2n) is 6.16. The Morgan fingerprint density at radius 3 is 2.65 bits per heavy atom. The second kappa shape index (κ2) is 10.9. The topological polar surface area (TPSA) is 79.0 Å². The summed E-state index contributed by atoms with van der Waals surface area (Å²) < 4.78 is 3.15. The molecular weight excluding hydrogens is 310 g/mol. The van der Waals surface area contributed by atoms with E-state index in [1.165, 1.54) is 29.7 Å². The SMILES string of the molecule is CNSCc1ccc2c(c1)C(C)(CCN(C)C)CCN2.CO.O. The normalized spacial score (nSPS) is 19.1. The molecule has 2 rings (SSSR count). The molecule has 0 saturated carbocycles. The largest absolute Gasteiger partial charge is 0.412 e. The molecule has 0 saturated heterocycles. The van der Waals surface area contributed by atoms with Crippen LogP contribution < -0.4 is 10.0 Å². The van der Waals surface area contributed by atoms with Crippen LogP contribution in [0.25, 0.3) is 0 Å². The highest BCUT2D eigenvalue weighted by Gasteiger charge is 2.31. The first-order chi connectivity index (χ1) is 10.5. The summed E-state index contributed by atoms with van der Waals surface area (Å²) in [6.07, 6.45) is 2.44. The Bertz CT molecular complexity index is 457. The maximum Gasteiger partial charge on any atom is 0.0378 e. The van der Waals surface area contributed by atoms with Crippen LogP contribution in [0.1, 0.15) is 30.9 Å². The van der Waals surface area contributed by atoms with Gasteiger partial charge in [0.2, 0.25) is 0 Å². The van der Waals surface area contributed by atoms with E-state index >= 15 is 0 Å². The molecule has 1 aliphatic heterocycles. The predicted molar refractivity (Wildman–Crippen MR) is 102 cm³/mol. The lowest BCUT2D eigenvalue weighted by molar-refractivity contribution is 0.315. The minimum Gasteiger partial charge on any atom is -0.412 e. The predicted octanol–water partition coefficient (Wildman–Crippen LogP) is 1.86. The highest BCUT2D eigenvalue weighted by Crippen LogP contribution is 2.40. The monoisotopic (exact) mass is 343 g/mol. The van der Waals surface area contributed by atoms with Gasteiger partial charge in [-0.05, 0) is 63.1 Å². The van der Waals surface area contributed by atoms with Gasteiger partial charge in [-0.25, -0.2) is 0 Å². The lowest BCUT2D eigenvalue weighted by Crippen LogP contribution is -2.34. The molecule has 0 spiro atoms. The zero-order valence-electron chi connectivity index (χ0n) is 15.1. The van der Waals surface area contributed by atoms with Gasteiger partial charge >= 0.3 is 0 Å². The maximum atomic E-state index is 7.00. The van der Waals surface area contributed by atoms with Crippen molar-refractivity contribution in [1.29, 1.82) is 0 Å². The van der Waals surface area contributed by atoms with Gasteiger partial charge in [0, 0.05) is 25.1 Å². The number of aliphatic hydroxyl groups excluding tert-OH is 1. The van der Waals surface area contributed by atoms with Gasteiger partial charge < -0.3 is 20.8 Å². The van der Waals surface area contributed by atoms with Gasteiger partial charge in [0.1, 0.15) is 0 Å². The van der Waals surface area contributed by atoms with E-state index in [0.717, 1.165) is 26.0 Å². The fraction of sp³-hybridized carbons (Fsp3) is 0.647. The highest BCUT2D eigenvalue weighted by molar-refractivity contribution is 7.96. The van der Waals surface area contributed by atoms with Crippen LogP contribution in [0, 0.1) is 0 Å². The van der Waals surface area contributed by atoms with Crippen LogP contribution in [0.5, 0.6) is 0 Å². The Hall–Kier alpha value is -0.790. The van der Waals surface area contributed by atoms with E-state index in [0.29, 0.717) is 5.41 Å². The van der Waals surface area contributed by atoms with Crippen LogP contribution in [0.4, 0.5) is 5.69 Å². The first-order valence-corrected chi connectivity index (χ1v) is 8.79. The van der Waals surface area contributed by atoms with E-state index in [1.54, 1.807) is 11.9 Å². The van der Waals surface area contributed by atoms with Crippen LogP contribution >= 0.6 is 11.9 Å². The Balaban J connectivity index is 0.00000155. The third-order valence-corrected chi connectivity index (χ3v) is 4.99. The molecule has 0 aliphatic carbocycles. The summed E-state index contributed by atoms with van der Waals surface area (Å²) >= 11 is 1.75. The smallest absolute Gasteiger partial charge is 0.0378 e. The minimum atomic E-state index is 0. The molecule has 134 valence electrons. The van der Waals surface area contributed by atoms with Crippen molar-refractivity contribution in [3.05, 3.63) is 29.3 Å². The number of anilines is 1. The first-order valence-electron chi connectivity index (χ1n) is 7.80. The molecule has 0 fully saturated rings. The van der Waals surface area contributed by atoms with Crippen molar-refractivity contribution >= 4 is 17.6 Å². The number of nitrogens with one attached hydrogen (secondary N) is 2. The number of aliphatic hydroxyl groups is 1. The summed E-state index contributed by atoms with van der Waals surface area (Å²) in [6.45, 7) is 4.65. The van der Waals surface area contributed by atoms with Gasteiger partial charge in [-0.15, -0.1) is 0 Å². The van der Waals surface area contributed by atoms with Crippen molar-refractivity contribution < 1.29 is 10.6 Å². The summed E-state index contributed by atoms with van der Waals surface area (Å²) in [5, 5.41) is 10.6. The molecule has 1 aromatic carbocycles. The number of benzene rings is 1. The second-order valence-corrected chi connectivity index (χ2v) is 7.15. The Labute approximate surface area is 145 Å². The average Bonchev–Trinajstić information content (AvgIpc) is 2.53. The molecule has 5 nitrogen and oxygen atoms in total. The van der Waals surface area contributed by atoms with Gasteiger partial charge in [-0.3, -0.25) is 4.72 Å². The third kappa shape index (κ3) is 6.31. The number of rotatable bonds is 6. The summed E-state index contributed by atoms with van der Waals surface area (Å²) in [5.74, 6) is 1.02. The van der Waals surface area contributed by atoms with E-state index in [1.807, 2.05) is 7.05 Å². The molecule has 1 atom stereocenters. The Morgan fingerprint density at radius 2 is 2.04 bits per heavy atom. The minimum absolute atomic E-state index is 0. The molecule has 1 aromatic rings. The molecular formula is C17H33N3O2S. The van der Waals surface area contributed by atoms with Crippen molar-refractivity contribution in [3.63, 3.8) is 0 Å². The summed E-state index contributed by atoms with van der Waals surface area (Å²) in [6, 6.07) is 6.91. The Kier molecular flexibility index (Phi) is 10.5. The molecule has 0 amide bonds. The average molecular weight is 344 g/mol. The van der Waals surface area contributed by atoms with Gasteiger partial charge in [0.25, 0.3) is 0 Å². The molecule has 1 aliphatic rings. The lowest BCUT2D eigenvalue weighted by Gasteiger charge is -2.38. The Morgan fingerprint density at radius 1 is 1.35 bits per heavy atom. The van der Waals surface area contributed by atoms with Gasteiger partial charge in [-0.1, -0.05) is 31.0 Å². The molecule has 6 heteroatoms. The molecule has 1 heterocycles. The van der Waals surface area contributed by atoms with Crippen LogP contribution in [0.2, 0.25) is 0 Å². The van der Waals surface area contributed by atoms with Crippen molar-refractivity contribution in [2.24, 2.45) is 0 Å². The fourth-order valence-corrected chi connectivity index (χ4v) is 3.32. The molecule has 23 heavy (non-hydrogen) atoms. The number of hydrogen-bond donors (Lipinski definition) is 3. The molecule has 1 unspecified atom stereocenters. The fourth-order valence-electron chi connectivity index (χ4n) is 2.83. The van der Waals surface area contributed by atoms with Crippen molar-refractivity contribution in [2.75, 3.05) is 46.7 Å². The third-order valence-electron chi connectivity index (χ3n) is 4.22. The molecule has 0 radical (unpaired) electrons. The molecule has 5 N–H and O–H groups in total. The van der Waals surface area contributed by atoms with E-state index < -0.39 is 0 Å². The van der Waals surface area contributed by atoms with Crippen molar-refractivity contribution in [3.8, 4) is 0 Å². The molecule has 0 bridgehead atoms. The summed E-state index contributed by atoms with van der Waals surface area (Å²) in [4.78, 5) is 2.29. The zero-order chi connectivity index (χ0) is 16.6.